The highest BCUT2D eigenvalue weighted by Gasteiger charge is 2.42. The van der Waals surface area contributed by atoms with Gasteiger partial charge in [0.1, 0.15) is 12.5 Å². The molecule has 1 aliphatic rings. The lowest BCUT2D eigenvalue weighted by Crippen LogP contribution is -2.38. The Labute approximate surface area is 163 Å². The maximum Gasteiger partial charge on any atom is 0.336 e. The first-order valence-corrected chi connectivity index (χ1v) is 8.64. The van der Waals surface area contributed by atoms with Crippen molar-refractivity contribution in [1.82, 2.24) is 5.32 Å². The molecule has 0 spiro atoms. The summed E-state index contributed by atoms with van der Waals surface area (Å²) < 4.78 is 14.9. The number of carbonyl (C=O) groups excluding carboxylic acids is 3. The lowest BCUT2D eigenvalue weighted by atomic mass is 9.85. The minimum Gasteiger partial charge on any atom is -0.466 e. The number of hydrogen-bond donors (Lipinski definition) is 1. The Hall–Kier alpha value is -3.35. The van der Waals surface area contributed by atoms with E-state index in [0.717, 1.165) is 5.56 Å². The molecule has 1 aromatic rings. The molecule has 1 heterocycles. The molecule has 0 unspecified atom stereocenters. The first kappa shape index (κ1) is 21.0. The molecular weight excluding hydrogens is 362 g/mol. The van der Waals surface area contributed by atoms with Crippen molar-refractivity contribution in [1.29, 1.82) is 0 Å². The lowest BCUT2D eigenvalue weighted by Gasteiger charge is -2.28. The van der Waals surface area contributed by atoms with Gasteiger partial charge in [-0.15, -0.1) is 0 Å². The van der Waals surface area contributed by atoms with Gasteiger partial charge in [-0.1, -0.05) is 36.4 Å². The Balaban J connectivity index is 2.25. The summed E-state index contributed by atoms with van der Waals surface area (Å²) in [5.74, 6) is -3.41. The summed E-state index contributed by atoms with van der Waals surface area (Å²) in [4.78, 5) is 37.3. The van der Waals surface area contributed by atoms with Crippen LogP contribution in [0.25, 0.3) is 6.08 Å². The van der Waals surface area contributed by atoms with Crippen molar-refractivity contribution in [2.75, 3.05) is 20.8 Å². The number of rotatable bonds is 6. The molecule has 7 heteroatoms. The molecule has 0 fully saturated rings. The SMILES string of the molecule is COC(=O)C1=C(C)NC(C)=C(C(=O)OC)C1C(=O)OCC=Cc1ccccc1. The third-order valence-electron chi connectivity index (χ3n) is 4.24. The van der Waals surface area contributed by atoms with Gasteiger partial charge in [-0.25, -0.2) is 9.59 Å². The van der Waals surface area contributed by atoms with Crippen LogP contribution in [0.4, 0.5) is 0 Å². The van der Waals surface area contributed by atoms with Crippen LogP contribution in [-0.2, 0) is 28.6 Å². The van der Waals surface area contributed by atoms with E-state index in [1.165, 1.54) is 14.2 Å². The summed E-state index contributed by atoms with van der Waals surface area (Å²) in [6.45, 7) is 3.23. The van der Waals surface area contributed by atoms with E-state index in [-0.39, 0.29) is 17.8 Å². The van der Waals surface area contributed by atoms with Crippen molar-refractivity contribution in [2.45, 2.75) is 13.8 Å². The van der Waals surface area contributed by atoms with Gasteiger partial charge >= 0.3 is 17.9 Å². The predicted molar refractivity (Wildman–Crippen MR) is 102 cm³/mol. The first-order valence-electron chi connectivity index (χ1n) is 8.64. The van der Waals surface area contributed by atoms with Gasteiger partial charge in [0.2, 0.25) is 0 Å². The van der Waals surface area contributed by atoms with E-state index in [1.54, 1.807) is 26.0 Å². The summed E-state index contributed by atoms with van der Waals surface area (Å²) >= 11 is 0. The molecule has 0 saturated heterocycles. The van der Waals surface area contributed by atoms with E-state index in [1.807, 2.05) is 30.3 Å². The maximum atomic E-state index is 12.8. The molecule has 0 radical (unpaired) electrons. The van der Waals surface area contributed by atoms with Crippen LogP contribution in [0.2, 0.25) is 0 Å². The maximum absolute atomic E-state index is 12.8. The normalized spacial score (nSPS) is 14.7. The molecule has 1 N–H and O–H groups in total. The molecule has 0 saturated carbocycles. The second kappa shape index (κ2) is 9.55. The number of dihydropyridines is 1. The molecule has 1 aliphatic heterocycles. The zero-order valence-electron chi connectivity index (χ0n) is 16.3. The molecule has 2 rings (SSSR count). The number of carbonyl (C=O) groups is 3. The van der Waals surface area contributed by atoms with Crippen molar-refractivity contribution >= 4 is 24.0 Å². The highest BCUT2D eigenvalue weighted by Crippen LogP contribution is 2.32. The molecular formula is C21H23NO6. The Morgan fingerprint density at radius 1 is 0.964 bits per heavy atom. The van der Waals surface area contributed by atoms with Gasteiger partial charge in [0.05, 0.1) is 25.4 Å². The zero-order valence-corrected chi connectivity index (χ0v) is 16.3. The number of ether oxygens (including phenoxy) is 3. The molecule has 7 nitrogen and oxygen atoms in total. The van der Waals surface area contributed by atoms with Crippen molar-refractivity contribution in [2.24, 2.45) is 5.92 Å². The number of methoxy groups -OCH3 is 2. The van der Waals surface area contributed by atoms with Crippen LogP contribution < -0.4 is 5.32 Å². The van der Waals surface area contributed by atoms with Gasteiger partial charge in [-0.05, 0) is 25.5 Å². The van der Waals surface area contributed by atoms with Gasteiger partial charge in [-0.2, -0.15) is 0 Å². The van der Waals surface area contributed by atoms with Crippen molar-refractivity contribution in [3.8, 4) is 0 Å². The molecule has 148 valence electrons. The van der Waals surface area contributed by atoms with E-state index in [4.69, 9.17) is 14.2 Å². The molecule has 0 atom stereocenters. The van der Waals surface area contributed by atoms with Gasteiger partial charge in [0.25, 0.3) is 0 Å². The summed E-state index contributed by atoms with van der Waals surface area (Å²) in [5, 5.41) is 2.92. The highest BCUT2D eigenvalue weighted by molar-refractivity contribution is 6.05. The average molecular weight is 385 g/mol. The summed E-state index contributed by atoms with van der Waals surface area (Å²) in [5.41, 5.74) is 1.83. The number of benzene rings is 1. The number of nitrogens with one attached hydrogen (secondary N) is 1. The molecule has 0 aliphatic carbocycles. The number of esters is 3. The van der Waals surface area contributed by atoms with E-state index in [2.05, 4.69) is 5.32 Å². The third kappa shape index (κ3) is 4.68. The predicted octanol–water partition coefficient (Wildman–Crippen LogP) is 2.36. The van der Waals surface area contributed by atoms with Crippen LogP contribution >= 0.6 is 0 Å². The second-order valence-corrected chi connectivity index (χ2v) is 6.06. The van der Waals surface area contributed by atoms with Gasteiger partial charge in [-0.3, -0.25) is 4.79 Å². The third-order valence-corrected chi connectivity index (χ3v) is 4.24. The molecule has 0 bridgehead atoms. The van der Waals surface area contributed by atoms with Crippen LogP contribution in [0.3, 0.4) is 0 Å². The fourth-order valence-corrected chi connectivity index (χ4v) is 2.95. The Morgan fingerprint density at radius 2 is 1.50 bits per heavy atom. The monoisotopic (exact) mass is 385 g/mol. The zero-order chi connectivity index (χ0) is 20.7. The lowest BCUT2D eigenvalue weighted by molar-refractivity contribution is -0.150. The minimum atomic E-state index is -1.23. The fraction of sp³-hybridized carbons (Fsp3) is 0.286. The summed E-state index contributed by atoms with van der Waals surface area (Å²) in [6, 6.07) is 9.52. The Morgan fingerprint density at radius 3 is 2.00 bits per heavy atom. The van der Waals surface area contributed by atoms with Gasteiger partial charge in [0, 0.05) is 11.4 Å². The van der Waals surface area contributed by atoms with Crippen molar-refractivity contribution < 1.29 is 28.6 Å². The van der Waals surface area contributed by atoms with Crippen molar-refractivity contribution in [3.05, 3.63) is 64.5 Å². The first-order chi connectivity index (χ1) is 13.4. The molecule has 0 amide bonds. The van der Waals surface area contributed by atoms with Gasteiger partial charge < -0.3 is 19.5 Å². The van der Waals surface area contributed by atoms with E-state index in [9.17, 15) is 14.4 Å². The van der Waals surface area contributed by atoms with Crippen LogP contribution in [-0.4, -0.2) is 38.7 Å². The Kier molecular flexibility index (Phi) is 7.14. The van der Waals surface area contributed by atoms with Crippen LogP contribution in [0.15, 0.2) is 58.9 Å². The highest BCUT2D eigenvalue weighted by atomic mass is 16.5. The summed E-state index contributed by atoms with van der Waals surface area (Å²) in [6.07, 6.45) is 3.48. The fourth-order valence-electron chi connectivity index (χ4n) is 2.95. The number of allylic oxidation sites excluding steroid dienone is 2. The quantitative estimate of drug-likeness (QED) is 0.594. The van der Waals surface area contributed by atoms with Crippen LogP contribution in [0.5, 0.6) is 0 Å². The molecule has 28 heavy (non-hydrogen) atoms. The number of hydrogen-bond acceptors (Lipinski definition) is 7. The topological polar surface area (TPSA) is 90.9 Å². The van der Waals surface area contributed by atoms with Crippen LogP contribution in [0.1, 0.15) is 19.4 Å². The molecule has 0 aromatic heterocycles. The average Bonchev–Trinajstić information content (AvgIpc) is 2.70. The van der Waals surface area contributed by atoms with Crippen molar-refractivity contribution in [3.63, 3.8) is 0 Å². The summed E-state index contributed by atoms with van der Waals surface area (Å²) in [7, 11) is 2.41. The van der Waals surface area contributed by atoms with E-state index < -0.39 is 23.8 Å². The van der Waals surface area contributed by atoms with E-state index >= 15 is 0 Å². The second-order valence-electron chi connectivity index (χ2n) is 6.06. The standard InChI is InChI=1S/C21H23NO6/c1-13-16(19(23)26-3)18(17(14(2)22-13)20(24)27-4)21(25)28-12-8-11-15-9-6-5-7-10-15/h5-11,18,22H,12H2,1-4H3. The Bertz CT molecular complexity index is 813. The van der Waals surface area contributed by atoms with Gasteiger partial charge in [0.15, 0.2) is 0 Å². The molecule has 1 aromatic carbocycles. The smallest absolute Gasteiger partial charge is 0.336 e. The minimum absolute atomic E-state index is 0.0152. The van der Waals surface area contributed by atoms with E-state index in [0.29, 0.717) is 11.4 Å². The van der Waals surface area contributed by atoms with Crippen LogP contribution in [0, 0.1) is 5.92 Å². The largest absolute Gasteiger partial charge is 0.466 e.